The third-order valence-electron chi connectivity index (χ3n) is 6.89. The number of carboxylic acid groups (broad SMARTS) is 10. The van der Waals surface area contributed by atoms with Crippen molar-refractivity contribution < 1.29 is 99.0 Å². The Kier molecular flexibility index (Phi) is 19.3. The van der Waals surface area contributed by atoms with Gasteiger partial charge >= 0.3 is 59.7 Å². The van der Waals surface area contributed by atoms with E-state index in [0.717, 1.165) is 0 Å². The first-order valence-corrected chi connectivity index (χ1v) is 15.9. The van der Waals surface area contributed by atoms with E-state index in [0.29, 0.717) is 0 Å². The molecule has 20 nitrogen and oxygen atoms in total. The number of benzene rings is 5. The molecule has 0 aliphatic carbocycles. The quantitative estimate of drug-likeness (QED) is 0.0840. The molecule has 0 amide bonds. The van der Waals surface area contributed by atoms with E-state index in [2.05, 4.69) is 0 Å². The molecule has 310 valence electrons. The first-order chi connectivity index (χ1) is 28.0. The molecule has 0 spiro atoms. The minimum atomic E-state index is -1.06. The first-order valence-electron chi connectivity index (χ1n) is 15.9. The fourth-order valence-electron chi connectivity index (χ4n) is 3.78. The predicted octanol–water partition coefficient (Wildman–Crippen LogP) is 5.42. The van der Waals surface area contributed by atoms with Gasteiger partial charge in [0, 0.05) is 0 Å². The Morgan fingerprint density at radius 3 is 0.250 bits per heavy atom. The Morgan fingerprint density at radius 1 is 0.167 bits per heavy atom. The molecule has 0 aliphatic rings. The molecule has 0 heterocycles. The number of aromatic carboxylic acids is 10. The van der Waals surface area contributed by atoms with Crippen molar-refractivity contribution >= 4 is 59.7 Å². The largest absolute Gasteiger partial charge is 0.478 e. The van der Waals surface area contributed by atoms with E-state index in [4.69, 9.17) is 51.1 Å². The number of rotatable bonds is 10. The molecule has 20 heteroatoms. The van der Waals surface area contributed by atoms with Gasteiger partial charge in [-0.05, 0) is 121 Å². The maximum atomic E-state index is 10.3. The second kappa shape index (κ2) is 23.7. The summed E-state index contributed by atoms with van der Waals surface area (Å²) in [5.41, 5.74) is 0.833. The van der Waals surface area contributed by atoms with E-state index in [1.807, 2.05) is 0 Å². The normalized spacial score (nSPS) is 9.33. The van der Waals surface area contributed by atoms with Crippen molar-refractivity contribution in [3.63, 3.8) is 0 Å². The minimum absolute atomic E-state index is 0.0833. The van der Waals surface area contributed by atoms with Crippen molar-refractivity contribution in [3.05, 3.63) is 177 Å². The molecular weight excluding hydrogens is 800 g/mol. The minimum Gasteiger partial charge on any atom is -0.478 e. The lowest BCUT2D eigenvalue weighted by Crippen LogP contribution is -1.99. The van der Waals surface area contributed by atoms with Crippen molar-refractivity contribution in [1.29, 1.82) is 0 Å². The maximum Gasteiger partial charge on any atom is 0.335 e. The van der Waals surface area contributed by atoms with Crippen molar-refractivity contribution in [2.75, 3.05) is 0 Å². The molecule has 5 aromatic rings. The standard InChI is InChI=1S/5C8H6O4/c5*9-7(10)5-1-2-6(4-3-5)8(11)12/h5*1-4H,(H,9,10)(H,11,12). The lowest BCUT2D eigenvalue weighted by Gasteiger charge is -1.94. The number of hydrogen-bond acceptors (Lipinski definition) is 10. The van der Waals surface area contributed by atoms with E-state index in [1.54, 1.807) is 0 Å². The second-order valence-corrected chi connectivity index (χ2v) is 10.9. The van der Waals surface area contributed by atoms with Crippen LogP contribution in [-0.4, -0.2) is 111 Å². The molecule has 0 aromatic heterocycles. The van der Waals surface area contributed by atoms with Crippen LogP contribution >= 0.6 is 0 Å². The van der Waals surface area contributed by atoms with Gasteiger partial charge in [-0.1, -0.05) is 0 Å². The van der Waals surface area contributed by atoms with Gasteiger partial charge in [-0.2, -0.15) is 0 Å². The van der Waals surface area contributed by atoms with Crippen LogP contribution in [-0.2, 0) is 0 Å². The summed E-state index contributed by atoms with van der Waals surface area (Å²) in [5.74, 6) is -10.6. The zero-order chi connectivity index (χ0) is 45.7. The summed E-state index contributed by atoms with van der Waals surface area (Å²) >= 11 is 0. The van der Waals surface area contributed by atoms with Gasteiger partial charge in [0.2, 0.25) is 0 Å². The molecule has 0 atom stereocenters. The van der Waals surface area contributed by atoms with Gasteiger partial charge < -0.3 is 51.1 Å². The Balaban J connectivity index is 0.000000375. The fourth-order valence-corrected chi connectivity index (χ4v) is 3.78. The van der Waals surface area contributed by atoms with Crippen LogP contribution in [0, 0.1) is 0 Å². The molecule has 0 bridgehead atoms. The smallest absolute Gasteiger partial charge is 0.335 e. The fraction of sp³-hybridized carbons (Fsp3) is 0. The zero-order valence-electron chi connectivity index (χ0n) is 30.1. The monoisotopic (exact) mass is 830 g/mol. The number of hydrogen-bond donors (Lipinski definition) is 10. The van der Waals surface area contributed by atoms with Crippen LogP contribution in [0.5, 0.6) is 0 Å². The van der Waals surface area contributed by atoms with Crippen molar-refractivity contribution in [1.82, 2.24) is 0 Å². The molecular formula is C40H30O20. The van der Waals surface area contributed by atoms with E-state index in [1.165, 1.54) is 121 Å². The van der Waals surface area contributed by atoms with Crippen LogP contribution in [0.3, 0.4) is 0 Å². The highest BCUT2D eigenvalue weighted by molar-refractivity contribution is 5.94. The van der Waals surface area contributed by atoms with Crippen LogP contribution in [0.25, 0.3) is 0 Å². The molecule has 0 unspecified atom stereocenters. The van der Waals surface area contributed by atoms with Crippen LogP contribution < -0.4 is 0 Å². The molecule has 10 N–H and O–H groups in total. The van der Waals surface area contributed by atoms with Crippen LogP contribution in [0.1, 0.15) is 104 Å². The third kappa shape index (κ3) is 17.1. The van der Waals surface area contributed by atoms with Crippen LogP contribution in [0.2, 0.25) is 0 Å². The molecule has 5 rings (SSSR count). The van der Waals surface area contributed by atoms with E-state index in [9.17, 15) is 47.9 Å². The van der Waals surface area contributed by atoms with E-state index >= 15 is 0 Å². The third-order valence-corrected chi connectivity index (χ3v) is 6.89. The number of carboxylic acids is 10. The summed E-state index contributed by atoms with van der Waals surface area (Å²) in [6.45, 7) is 0. The molecule has 0 radical (unpaired) electrons. The highest BCUT2D eigenvalue weighted by Crippen LogP contribution is 2.07. The van der Waals surface area contributed by atoms with E-state index < -0.39 is 59.7 Å². The molecule has 0 fully saturated rings. The first kappa shape index (κ1) is 48.8. The summed E-state index contributed by atoms with van der Waals surface area (Å²) in [4.78, 5) is 103. The van der Waals surface area contributed by atoms with Crippen molar-refractivity contribution in [2.24, 2.45) is 0 Å². The SMILES string of the molecule is O=C(O)c1ccc(C(=O)O)cc1.O=C(O)c1ccc(C(=O)O)cc1.O=C(O)c1ccc(C(=O)O)cc1.O=C(O)c1ccc(C(=O)O)cc1.O=C(O)c1ccc(C(=O)O)cc1. The Labute approximate surface area is 335 Å². The highest BCUT2D eigenvalue weighted by Gasteiger charge is 2.08. The molecule has 0 aliphatic heterocycles. The topological polar surface area (TPSA) is 373 Å². The van der Waals surface area contributed by atoms with Gasteiger partial charge in [0.1, 0.15) is 0 Å². The zero-order valence-corrected chi connectivity index (χ0v) is 30.1. The molecule has 60 heavy (non-hydrogen) atoms. The van der Waals surface area contributed by atoms with Crippen LogP contribution in [0.15, 0.2) is 121 Å². The predicted molar refractivity (Wildman–Crippen MR) is 202 cm³/mol. The molecule has 0 saturated heterocycles. The second-order valence-electron chi connectivity index (χ2n) is 10.9. The molecule has 5 aromatic carbocycles. The van der Waals surface area contributed by atoms with Crippen molar-refractivity contribution in [3.8, 4) is 0 Å². The Morgan fingerprint density at radius 2 is 0.217 bits per heavy atom. The van der Waals surface area contributed by atoms with Gasteiger partial charge in [0.05, 0.1) is 55.6 Å². The lowest BCUT2D eigenvalue weighted by molar-refractivity contribution is 0.0681. The van der Waals surface area contributed by atoms with Gasteiger partial charge in [0.25, 0.3) is 0 Å². The maximum absolute atomic E-state index is 10.3. The highest BCUT2D eigenvalue weighted by atomic mass is 16.4. The van der Waals surface area contributed by atoms with Gasteiger partial charge in [-0.25, -0.2) is 47.9 Å². The van der Waals surface area contributed by atoms with Gasteiger partial charge in [-0.3, -0.25) is 0 Å². The van der Waals surface area contributed by atoms with E-state index in [-0.39, 0.29) is 55.6 Å². The average molecular weight is 831 g/mol. The van der Waals surface area contributed by atoms with Gasteiger partial charge in [-0.15, -0.1) is 0 Å². The average Bonchev–Trinajstić information content (AvgIpc) is 3.21. The van der Waals surface area contributed by atoms with Gasteiger partial charge in [0.15, 0.2) is 0 Å². The summed E-state index contributed by atoms with van der Waals surface area (Å²) in [7, 11) is 0. The summed E-state index contributed by atoms with van der Waals surface area (Å²) in [6, 6.07) is 25.1. The summed E-state index contributed by atoms with van der Waals surface area (Å²) < 4.78 is 0. The Hall–Kier alpha value is -9.20. The lowest BCUT2D eigenvalue weighted by atomic mass is 10.1. The van der Waals surface area contributed by atoms with Crippen molar-refractivity contribution in [2.45, 2.75) is 0 Å². The molecule has 0 saturated carbocycles. The number of carbonyl (C=O) groups is 10. The van der Waals surface area contributed by atoms with Crippen LogP contribution in [0.4, 0.5) is 0 Å². The Bertz CT molecular complexity index is 1790. The summed E-state index contributed by atoms with van der Waals surface area (Å²) in [6.07, 6.45) is 0. The summed E-state index contributed by atoms with van der Waals surface area (Å²) in [5, 5.41) is 84.7.